The Kier molecular flexibility index (Phi) is 3.30. The van der Waals surface area contributed by atoms with Crippen LogP contribution in [-0.2, 0) is 25.4 Å². The van der Waals surface area contributed by atoms with Gasteiger partial charge in [-0.25, -0.2) is 0 Å². The van der Waals surface area contributed by atoms with Gasteiger partial charge < -0.3 is 14.2 Å². The van der Waals surface area contributed by atoms with Crippen LogP contribution in [0.15, 0.2) is 54.6 Å². The third-order valence-electron chi connectivity index (χ3n) is 5.90. The molecule has 5 rings (SSSR count). The van der Waals surface area contributed by atoms with Gasteiger partial charge in [0.15, 0.2) is 6.29 Å². The van der Waals surface area contributed by atoms with Gasteiger partial charge in [-0.1, -0.05) is 67.4 Å². The van der Waals surface area contributed by atoms with Crippen LogP contribution in [0, 0.1) is 0 Å². The van der Waals surface area contributed by atoms with Gasteiger partial charge in [0.1, 0.15) is 0 Å². The maximum Gasteiger partial charge on any atom is 0.207 e. The van der Waals surface area contributed by atoms with Crippen LogP contribution in [0.1, 0.15) is 48.7 Å². The monoisotopic (exact) mass is 322 g/mol. The van der Waals surface area contributed by atoms with Gasteiger partial charge in [-0.05, 0) is 18.4 Å². The molecule has 0 aromatic heterocycles. The SMILES string of the molecule is c1ccc(C23OCCOC(O2)c2ccccc2C32CCCC2)cc1. The fraction of sp³-hybridized carbons (Fsp3) is 0.429. The molecule has 2 unspecified atom stereocenters. The molecule has 1 saturated heterocycles. The minimum Gasteiger partial charge on any atom is -0.346 e. The second-order valence-electron chi connectivity index (χ2n) is 7.03. The summed E-state index contributed by atoms with van der Waals surface area (Å²) in [7, 11) is 0. The number of ether oxygens (including phenoxy) is 3. The first-order chi connectivity index (χ1) is 11.9. The zero-order valence-electron chi connectivity index (χ0n) is 13.7. The molecular formula is C21H22O3. The van der Waals surface area contributed by atoms with Gasteiger partial charge in [-0.2, -0.15) is 0 Å². The molecule has 3 nitrogen and oxygen atoms in total. The Hall–Kier alpha value is -1.68. The lowest BCUT2D eigenvalue weighted by Gasteiger charge is -2.52. The van der Waals surface area contributed by atoms with E-state index in [1.807, 2.05) is 6.07 Å². The average molecular weight is 322 g/mol. The lowest BCUT2D eigenvalue weighted by Crippen LogP contribution is -2.54. The maximum absolute atomic E-state index is 6.64. The van der Waals surface area contributed by atoms with Crippen molar-refractivity contribution in [2.75, 3.05) is 13.2 Å². The van der Waals surface area contributed by atoms with Crippen molar-refractivity contribution in [3.63, 3.8) is 0 Å². The quantitative estimate of drug-likeness (QED) is 0.777. The summed E-state index contributed by atoms with van der Waals surface area (Å²) in [5.74, 6) is -0.750. The molecule has 0 N–H and O–H groups in total. The van der Waals surface area contributed by atoms with Crippen LogP contribution in [0.5, 0.6) is 0 Å². The molecule has 24 heavy (non-hydrogen) atoms. The summed E-state index contributed by atoms with van der Waals surface area (Å²) in [5.41, 5.74) is 3.51. The molecule has 2 aromatic carbocycles. The van der Waals surface area contributed by atoms with Crippen molar-refractivity contribution in [1.29, 1.82) is 0 Å². The van der Waals surface area contributed by atoms with Crippen LogP contribution in [0.25, 0.3) is 0 Å². The second-order valence-corrected chi connectivity index (χ2v) is 7.03. The smallest absolute Gasteiger partial charge is 0.207 e. The van der Waals surface area contributed by atoms with Crippen LogP contribution < -0.4 is 0 Å². The van der Waals surface area contributed by atoms with Crippen molar-refractivity contribution in [3.8, 4) is 0 Å². The van der Waals surface area contributed by atoms with E-state index >= 15 is 0 Å². The van der Waals surface area contributed by atoms with E-state index < -0.39 is 5.79 Å². The molecule has 1 aliphatic carbocycles. The van der Waals surface area contributed by atoms with Gasteiger partial charge in [-0.3, -0.25) is 0 Å². The molecule has 1 saturated carbocycles. The first-order valence-electron chi connectivity index (χ1n) is 8.94. The summed E-state index contributed by atoms with van der Waals surface area (Å²) in [6, 6.07) is 19.1. The van der Waals surface area contributed by atoms with Gasteiger partial charge in [0.05, 0.1) is 18.6 Å². The number of benzene rings is 2. The first kappa shape index (κ1) is 14.6. The van der Waals surface area contributed by atoms with Crippen molar-refractivity contribution >= 4 is 0 Å². The summed E-state index contributed by atoms with van der Waals surface area (Å²) in [6.07, 6.45) is 4.25. The highest BCUT2D eigenvalue weighted by atomic mass is 16.8. The molecule has 3 heteroatoms. The minimum atomic E-state index is -0.750. The largest absolute Gasteiger partial charge is 0.346 e. The third-order valence-corrected chi connectivity index (χ3v) is 5.90. The van der Waals surface area contributed by atoms with E-state index in [1.54, 1.807) is 0 Å². The van der Waals surface area contributed by atoms with Crippen LogP contribution in [0.3, 0.4) is 0 Å². The lowest BCUT2D eigenvalue weighted by atomic mass is 9.66. The Labute approximate surface area is 142 Å². The molecule has 0 radical (unpaired) electrons. The third kappa shape index (κ3) is 1.83. The Morgan fingerprint density at radius 2 is 1.58 bits per heavy atom. The first-order valence-corrected chi connectivity index (χ1v) is 8.94. The van der Waals surface area contributed by atoms with E-state index in [1.165, 1.54) is 24.0 Å². The summed E-state index contributed by atoms with van der Waals surface area (Å²) >= 11 is 0. The molecule has 2 fully saturated rings. The van der Waals surface area contributed by atoms with Gasteiger partial charge in [-0.15, -0.1) is 0 Å². The van der Waals surface area contributed by atoms with E-state index in [0.29, 0.717) is 13.2 Å². The Morgan fingerprint density at radius 3 is 2.42 bits per heavy atom. The van der Waals surface area contributed by atoms with Crippen LogP contribution in [0.2, 0.25) is 0 Å². The molecule has 2 atom stereocenters. The molecular weight excluding hydrogens is 300 g/mol. The van der Waals surface area contributed by atoms with Gasteiger partial charge >= 0.3 is 0 Å². The predicted octanol–water partition coefficient (Wildman–Crippen LogP) is 4.43. The van der Waals surface area contributed by atoms with E-state index in [9.17, 15) is 0 Å². The lowest BCUT2D eigenvalue weighted by molar-refractivity contribution is -0.333. The molecule has 1 spiro atoms. The number of hydrogen-bond acceptors (Lipinski definition) is 3. The standard InChI is InChI=1S/C21H22O3/c1-2-8-16(9-3-1)21-20(12-6-7-13-20)18-11-5-4-10-17(18)19(24-21)22-14-15-23-21/h1-5,8-11,19H,6-7,12-15H2. The van der Waals surface area contributed by atoms with E-state index in [0.717, 1.165) is 18.4 Å². The number of hydrogen-bond donors (Lipinski definition) is 0. The Balaban J connectivity index is 1.80. The van der Waals surface area contributed by atoms with Crippen LogP contribution >= 0.6 is 0 Å². The minimum absolute atomic E-state index is 0.130. The zero-order chi connectivity index (χ0) is 16.0. The van der Waals surface area contributed by atoms with Crippen molar-refractivity contribution in [2.45, 2.75) is 43.2 Å². The average Bonchev–Trinajstić information content (AvgIpc) is 3.05. The molecule has 124 valence electrons. The highest BCUT2D eigenvalue weighted by Gasteiger charge is 2.62. The number of fused-ring (bicyclic) bond motifs is 6. The predicted molar refractivity (Wildman–Crippen MR) is 90.4 cm³/mol. The number of rotatable bonds is 1. The summed E-state index contributed by atoms with van der Waals surface area (Å²) in [6.45, 7) is 1.12. The van der Waals surface area contributed by atoms with E-state index in [-0.39, 0.29) is 11.7 Å². The molecule has 2 aliphatic heterocycles. The summed E-state index contributed by atoms with van der Waals surface area (Å²) in [5, 5.41) is 0. The highest BCUT2D eigenvalue weighted by Crippen LogP contribution is 2.61. The topological polar surface area (TPSA) is 27.7 Å². The Bertz CT molecular complexity index is 736. The molecule has 2 aromatic rings. The second kappa shape index (κ2) is 5.41. The molecule has 0 amide bonds. The maximum atomic E-state index is 6.64. The van der Waals surface area contributed by atoms with Crippen molar-refractivity contribution in [1.82, 2.24) is 0 Å². The van der Waals surface area contributed by atoms with Gasteiger partial charge in [0, 0.05) is 11.1 Å². The summed E-state index contributed by atoms with van der Waals surface area (Å²) in [4.78, 5) is 0. The highest BCUT2D eigenvalue weighted by molar-refractivity contribution is 5.44. The van der Waals surface area contributed by atoms with E-state index in [2.05, 4.69) is 48.5 Å². The van der Waals surface area contributed by atoms with Crippen molar-refractivity contribution in [2.24, 2.45) is 0 Å². The van der Waals surface area contributed by atoms with Gasteiger partial charge in [0.2, 0.25) is 5.79 Å². The molecule has 2 bridgehead atoms. The Morgan fingerprint density at radius 1 is 0.833 bits per heavy atom. The van der Waals surface area contributed by atoms with Gasteiger partial charge in [0.25, 0.3) is 0 Å². The molecule has 3 aliphatic rings. The van der Waals surface area contributed by atoms with Crippen molar-refractivity contribution < 1.29 is 14.2 Å². The normalized spacial score (nSPS) is 30.8. The molecule has 2 heterocycles. The summed E-state index contributed by atoms with van der Waals surface area (Å²) < 4.78 is 19.1. The van der Waals surface area contributed by atoms with Crippen LogP contribution in [-0.4, -0.2) is 13.2 Å². The van der Waals surface area contributed by atoms with Crippen LogP contribution in [0.4, 0.5) is 0 Å². The van der Waals surface area contributed by atoms with E-state index in [4.69, 9.17) is 14.2 Å². The van der Waals surface area contributed by atoms with Crippen molar-refractivity contribution in [3.05, 3.63) is 71.3 Å². The zero-order valence-corrected chi connectivity index (χ0v) is 13.7. The fourth-order valence-electron chi connectivity index (χ4n) is 4.94. The fourth-order valence-corrected chi connectivity index (χ4v) is 4.94.